The lowest BCUT2D eigenvalue weighted by molar-refractivity contribution is -0.0857. The van der Waals surface area contributed by atoms with E-state index in [1.54, 1.807) is 23.1 Å². The highest BCUT2D eigenvalue weighted by molar-refractivity contribution is 7.89. The minimum Gasteiger partial charge on any atom is -0.454 e. The van der Waals surface area contributed by atoms with Crippen LogP contribution >= 0.6 is 0 Å². The number of carbonyl (C=O) groups excluding carboxylic acids is 1. The molecular weight excluding hydrogens is 439 g/mol. The maximum atomic E-state index is 13.7. The van der Waals surface area contributed by atoms with Gasteiger partial charge in [0.25, 0.3) is 5.91 Å². The molecule has 3 heterocycles. The Morgan fingerprint density at radius 2 is 1.78 bits per heavy atom. The number of sulfonamides is 1. The van der Waals surface area contributed by atoms with Crippen LogP contribution in [-0.2, 0) is 14.8 Å². The first kappa shape index (κ1) is 21.2. The number of likely N-dealkylation sites (tertiary alicyclic amines) is 1. The van der Waals surface area contributed by atoms with Gasteiger partial charge in [0.1, 0.15) is 11.5 Å². The molecule has 0 saturated carbocycles. The number of carbonyl (C=O) groups is 1. The van der Waals surface area contributed by atoms with Gasteiger partial charge in [0.05, 0.1) is 11.5 Å². The highest BCUT2D eigenvalue weighted by Gasteiger charge is 2.51. The number of hydrogen-bond donors (Lipinski definition) is 0. The molecule has 1 spiro atoms. The van der Waals surface area contributed by atoms with Gasteiger partial charge >= 0.3 is 0 Å². The van der Waals surface area contributed by atoms with Crippen molar-refractivity contribution in [1.82, 2.24) is 9.21 Å². The van der Waals surface area contributed by atoms with Crippen LogP contribution in [0.25, 0.3) is 0 Å². The van der Waals surface area contributed by atoms with Crippen molar-refractivity contribution in [2.24, 2.45) is 0 Å². The predicted octanol–water partition coefficient (Wildman–Crippen LogP) is 2.52. The van der Waals surface area contributed by atoms with Crippen molar-refractivity contribution in [3.05, 3.63) is 53.3 Å². The Morgan fingerprint density at radius 3 is 2.53 bits per heavy atom. The lowest BCUT2D eigenvalue weighted by atomic mass is 10.00. The van der Waals surface area contributed by atoms with Crippen LogP contribution in [0.15, 0.2) is 41.3 Å². The Labute approximate surface area is 185 Å². The molecule has 0 N–H and O–H groups in total. The summed E-state index contributed by atoms with van der Waals surface area (Å²) < 4.78 is 58.3. The molecule has 0 bridgehead atoms. The van der Waals surface area contributed by atoms with Crippen molar-refractivity contribution in [2.75, 3.05) is 33.0 Å². The smallest absolute Gasteiger partial charge is 0.253 e. The summed E-state index contributed by atoms with van der Waals surface area (Å²) in [7, 11) is -3.87. The van der Waals surface area contributed by atoms with E-state index in [1.807, 2.05) is 0 Å². The minimum atomic E-state index is -3.87. The molecule has 8 nitrogen and oxygen atoms in total. The Balaban J connectivity index is 1.33. The summed E-state index contributed by atoms with van der Waals surface area (Å²) in [5, 5.41) is 0. The van der Waals surface area contributed by atoms with Crippen LogP contribution < -0.4 is 9.47 Å². The number of nitrogens with zero attached hydrogens (tertiary/aromatic N) is 2. The molecule has 3 aliphatic rings. The van der Waals surface area contributed by atoms with Crippen molar-refractivity contribution in [3.8, 4) is 11.5 Å². The number of fused-ring (bicyclic) bond motifs is 1. The van der Waals surface area contributed by atoms with E-state index in [0.29, 0.717) is 43.0 Å². The molecule has 1 amide bonds. The van der Waals surface area contributed by atoms with Crippen LogP contribution in [0.1, 0.15) is 28.8 Å². The largest absolute Gasteiger partial charge is 0.454 e. The van der Waals surface area contributed by atoms with Crippen LogP contribution in [0.5, 0.6) is 11.5 Å². The van der Waals surface area contributed by atoms with E-state index in [-0.39, 0.29) is 36.3 Å². The zero-order chi connectivity index (χ0) is 22.5. The Bertz CT molecular complexity index is 1180. The Kier molecular flexibility index (Phi) is 5.11. The molecule has 0 aliphatic carbocycles. The van der Waals surface area contributed by atoms with Crippen molar-refractivity contribution >= 4 is 15.9 Å². The second-order valence-electron chi connectivity index (χ2n) is 8.14. The summed E-state index contributed by atoms with van der Waals surface area (Å²) in [6.07, 6.45) is 0.700. The van der Waals surface area contributed by atoms with Crippen LogP contribution in [0.3, 0.4) is 0 Å². The fourth-order valence-corrected chi connectivity index (χ4v) is 6.31. The summed E-state index contributed by atoms with van der Waals surface area (Å²) >= 11 is 0. The topological polar surface area (TPSA) is 85.4 Å². The quantitative estimate of drug-likeness (QED) is 0.697. The second-order valence-corrected chi connectivity index (χ2v) is 10.0. The standard InChI is InChI=1S/C22H23FN2O6S/c1-15-12-17(3-4-18(15)23)32(27,28)25-10-11-31-22(25)6-8-24(9-7-22)21(26)16-2-5-19-20(13-16)30-14-29-19/h2-5,12-13H,6-11,14H2,1H3. The van der Waals surface area contributed by atoms with E-state index < -0.39 is 21.6 Å². The number of aryl methyl sites for hydroxylation is 1. The fraction of sp³-hybridized carbons (Fsp3) is 0.409. The first-order chi connectivity index (χ1) is 15.3. The van der Waals surface area contributed by atoms with Gasteiger partial charge in [-0.2, -0.15) is 4.31 Å². The summed E-state index contributed by atoms with van der Waals surface area (Å²) in [6, 6.07) is 8.85. The van der Waals surface area contributed by atoms with Gasteiger partial charge < -0.3 is 19.1 Å². The lowest BCUT2D eigenvalue weighted by Crippen LogP contribution is -2.55. The third kappa shape index (κ3) is 3.42. The molecule has 170 valence electrons. The zero-order valence-electron chi connectivity index (χ0n) is 17.5. The summed E-state index contributed by atoms with van der Waals surface area (Å²) in [4.78, 5) is 14.7. The zero-order valence-corrected chi connectivity index (χ0v) is 18.4. The van der Waals surface area contributed by atoms with Crippen LogP contribution in [0.2, 0.25) is 0 Å². The second kappa shape index (κ2) is 7.72. The molecular formula is C22H23FN2O6S. The Morgan fingerprint density at radius 1 is 1.03 bits per heavy atom. The van der Waals surface area contributed by atoms with E-state index in [4.69, 9.17) is 14.2 Å². The number of rotatable bonds is 3. The first-order valence-electron chi connectivity index (χ1n) is 10.4. The first-order valence-corrected chi connectivity index (χ1v) is 11.9. The molecule has 0 aromatic heterocycles. The maximum absolute atomic E-state index is 13.7. The molecule has 2 fully saturated rings. The summed E-state index contributed by atoms with van der Waals surface area (Å²) in [6.45, 7) is 2.85. The van der Waals surface area contributed by atoms with E-state index in [2.05, 4.69) is 0 Å². The molecule has 0 unspecified atom stereocenters. The number of amides is 1. The van der Waals surface area contributed by atoms with Gasteiger partial charge in [0.2, 0.25) is 16.8 Å². The van der Waals surface area contributed by atoms with Crippen LogP contribution in [0.4, 0.5) is 4.39 Å². The van der Waals surface area contributed by atoms with Crippen molar-refractivity contribution < 1.29 is 31.8 Å². The number of piperidine rings is 1. The number of benzene rings is 2. The molecule has 2 saturated heterocycles. The third-order valence-electron chi connectivity index (χ3n) is 6.29. The normalized spacial score (nSPS) is 20.1. The number of halogens is 1. The van der Waals surface area contributed by atoms with E-state index in [1.165, 1.54) is 29.4 Å². The van der Waals surface area contributed by atoms with Crippen LogP contribution in [-0.4, -0.2) is 62.3 Å². The van der Waals surface area contributed by atoms with Gasteiger partial charge in [-0.1, -0.05) is 0 Å². The van der Waals surface area contributed by atoms with Gasteiger partial charge in [-0.15, -0.1) is 0 Å². The average Bonchev–Trinajstić information content (AvgIpc) is 3.42. The van der Waals surface area contributed by atoms with Gasteiger partial charge in [0, 0.05) is 38.0 Å². The highest BCUT2D eigenvalue weighted by atomic mass is 32.2. The third-order valence-corrected chi connectivity index (χ3v) is 8.23. The maximum Gasteiger partial charge on any atom is 0.253 e. The van der Waals surface area contributed by atoms with Gasteiger partial charge in [0.15, 0.2) is 11.5 Å². The van der Waals surface area contributed by atoms with E-state index in [0.717, 1.165) is 0 Å². The molecule has 10 heteroatoms. The van der Waals surface area contributed by atoms with Gasteiger partial charge in [-0.3, -0.25) is 4.79 Å². The molecule has 2 aromatic rings. The van der Waals surface area contributed by atoms with E-state index in [9.17, 15) is 17.6 Å². The highest BCUT2D eigenvalue weighted by Crippen LogP contribution is 2.39. The van der Waals surface area contributed by atoms with Crippen LogP contribution in [0, 0.1) is 12.7 Å². The molecule has 0 atom stereocenters. The average molecular weight is 462 g/mol. The lowest BCUT2D eigenvalue weighted by Gasteiger charge is -2.42. The van der Waals surface area contributed by atoms with E-state index >= 15 is 0 Å². The molecule has 32 heavy (non-hydrogen) atoms. The molecule has 2 aromatic carbocycles. The minimum absolute atomic E-state index is 0.0418. The van der Waals surface area contributed by atoms with Crippen molar-refractivity contribution in [3.63, 3.8) is 0 Å². The fourth-order valence-electron chi connectivity index (χ4n) is 4.50. The summed E-state index contributed by atoms with van der Waals surface area (Å²) in [5.41, 5.74) is -0.250. The summed E-state index contributed by atoms with van der Waals surface area (Å²) in [5.74, 6) is 0.539. The number of ether oxygens (including phenoxy) is 3. The molecule has 0 radical (unpaired) electrons. The predicted molar refractivity (Wildman–Crippen MR) is 111 cm³/mol. The Hall–Kier alpha value is -2.69. The monoisotopic (exact) mass is 462 g/mol. The molecule has 3 aliphatic heterocycles. The van der Waals surface area contributed by atoms with Crippen molar-refractivity contribution in [2.45, 2.75) is 30.4 Å². The van der Waals surface area contributed by atoms with Crippen molar-refractivity contribution in [1.29, 1.82) is 0 Å². The SMILES string of the molecule is Cc1cc(S(=O)(=O)N2CCOC23CCN(C(=O)c2ccc4c(c2)OCO4)CC3)ccc1F. The van der Waals surface area contributed by atoms with Gasteiger partial charge in [-0.25, -0.2) is 12.8 Å². The molecule has 5 rings (SSSR count). The van der Waals surface area contributed by atoms with Gasteiger partial charge in [-0.05, 0) is 48.9 Å². The number of hydrogen-bond acceptors (Lipinski definition) is 6.